The molecule has 0 saturated carbocycles. The van der Waals surface area contributed by atoms with Crippen molar-refractivity contribution in [1.82, 2.24) is 30.2 Å². The minimum Gasteiger partial charge on any atom is -0.657 e. The number of carbonyl (C=O) groups is 2. The maximum absolute atomic E-state index is 15.0. The molecule has 64 heavy (non-hydrogen) atoms. The standard InChI is InChI=1S/C26H23F2N8.C20H23N2O5.Li/c1-15-14-36(8-7-30-15)26-32-12-18(13-33-26)24-21(28)10-23-25(35-24)22(5-6-31-23)34-16(2)19-9-17(11-29)3-4-20(19)27;1-13-6-5-7-15(10-13)27-17-9-8-14(11-21-17)18(23)22-16(19(24)25)12-26-20(2,3)4;/h3-6,9-10,12-13,15-16H,7-8,14H2,1-2H3,(H,31,34);5-11,16H,1,12H2,2-4H3,(H,22,23)(H,24,25);/q2*-1;+1/t15-,16-;16-;/m10./s1. The van der Waals surface area contributed by atoms with Gasteiger partial charge in [0, 0.05) is 61.1 Å². The van der Waals surface area contributed by atoms with Crippen molar-refractivity contribution in [2.24, 2.45) is 0 Å². The fourth-order valence-electron chi connectivity index (χ4n) is 6.33. The van der Waals surface area contributed by atoms with Crippen molar-refractivity contribution in [3.63, 3.8) is 0 Å². The molecule has 0 unspecified atom stereocenters. The number of anilines is 2. The summed E-state index contributed by atoms with van der Waals surface area (Å²) in [6, 6.07) is 18.0. The number of carboxylic acid groups (broad SMARTS) is 1. The van der Waals surface area contributed by atoms with Crippen LogP contribution in [0.15, 0.2) is 91.5 Å². The van der Waals surface area contributed by atoms with Gasteiger partial charge in [-0.1, -0.05) is 6.92 Å². The molecule has 3 N–H and O–H groups in total. The van der Waals surface area contributed by atoms with E-state index in [0.29, 0.717) is 51.0 Å². The molecule has 18 heteroatoms. The van der Waals surface area contributed by atoms with E-state index < -0.39 is 41.2 Å². The van der Waals surface area contributed by atoms with Gasteiger partial charge in [0.2, 0.25) is 11.8 Å². The summed E-state index contributed by atoms with van der Waals surface area (Å²) < 4.78 is 40.5. The van der Waals surface area contributed by atoms with Crippen LogP contribution in [0.3, 0.4) is 0 Å². The Labute approximate surface area is 381 Å². The van der Waals surface area contributed by atoms with Gasteiger partial charge in [-0.3, -0.25) is 9.78 Å². The number of benzene rings is 2. The van der Waals surface area contributed by atoms with E-state index in [0.717, 1.165) is 25.2 Å². The topological polar surface area (TPSA) is 202 Å². The van der Waals surface area contributed by atoms with Crippen LogP contribution in [0.5, 0.6) is 11.6 Å². The number of nitrogens with one attached hydrogen (secondary N) is 2. The van der Waals surface area contributed by atoms with E-state index >= 15 is 4.39 Å². The van der Waals surface area contributed by atoms with Gasteiger partial charge in [-0.05, 0) is 64.1 Å². The molecule has 4 aromatic heterocycles. The van der Waals surface area contributed by atoms with Crippen LogP contribution in [0, 0.1) is 29.9 Å². The first kappa shape index (κ1) is 48.3. The van der Waals surface area contributed by atoms with Crippen molar-refractivity contribution < 1.29 is 51.8 Å². The number of rotatable bonds is 12. The van der Waals surface area contributed by atoms with Crippen LogP contribution in [-0.2, 0) is 9.53 Å². The molecule has 1 amide bonds. The number of aromatic nitrogens is 5. The maximum Gasteiger partial charge on any atom is 1.00 e. The third kappa shape index (κ3) is 12.9. The molecule has 7 rings (SSSR count). The molecule has 0 bridgehead atoms. The van der Waals surface area contributed by atoms with Crippen molar-refractivity contribution in [1.29, 1.82) is 5.26 Å². The summed E-state index contributed by atoms with van der Waals surface area (Å²) in [5, 5.41) is 28.6. The molecule has 326 valence electrons. The van der Waals surface area contributed by atoms with Gasteiger partial charge in [-0.2, -0.15) is 23.8 Å². The van der Waals surface area contributed by atoms with E-state index in [1.807, 2.05) is 25.1 Å². The van der Waals surface area contributed by atoms with Crippen molar-refractivity contribution >= 4 is 34.5 Å². The van der Waals surface area contributed by atoms with Gasteiger partial charge >= 0.3 is 24.8 Å². The molecular formula is C46H46F2LiN10O5-. The van der Waals surface area contributed by atoms with Gasteiger partial charge in [0.25, 0.3) is 5.91 Å². The Morgan fingerprint density at radius 2 is 1.80 bits per heavy atom. The Morgan fingerprint density at radius 3 is 2.45 bits per heavy atom. The number of halogens is 2. The second kappa shape index (κ2) is 21.6. The van der Waals surface area contributed by atoms with Crippen LogP contribution in [-0.4, -0.2) is 85.8 Å². The number of carbonyl (C=O) groups excluding carboxylic acids is 1. The predicted molar refractivity (Wildman–Crippen MR) is 233 cm³/mol. The summed E-state index contributed by atoms with van der Waals surface area (Å²) in [6.45, 7) is 15.1. The van der Waals surface area contributed by atoms with E-state index in [9.17, 15) is 19.1 Å². The Morgan fingerprint density at radius 1 is 1.03 bits per heavy atom. The molecular weight excluding hydrogens is 818 g/mol. The average Bonchev–Trinajstić information content (AvgIpc) is 3.25. The smallest absolute Gasteiger partial charge is 0.657 e. The van der Waals surface area contributed by atoms with Crippen molar-refractivity contribution in [3.05, 3.63) is 138 Å². The van der Waals surface area contributed by atoms with Gasteiger partial charge in [0.1, 0.15) is 17.0 Å². The number of hydrogen-bond acceptors (Lipinski definition) is 12. The summed E-state index contributed by atoms with van der Waals surface area (Å²) in [6.07, 6.45) is 5.97. The molecule has 1 fully saturated rings. The monoisotopic (exact) mass is 863 g/mol. The van der Waals surface area contributed by atoms with Crippen molar-refractivity contribution in [2.45, 2.75) is 58.3 Å². The number of carboxylic acids is 1. The van der Waals surface area contributed by atoms with Gasteiger partial charge in [0.15, 0.2) is 11.9 Å². The van der Waals surface area contributed by atoms with E-state index in [4.69, 9.17) is 14.7 Å². The Bertz CT molecular complexity index is 2610. The van der Waals surface area contributed by atoms with Crippen LogP contribution in [0.4, 0.5) is 20.4 Å². The van der Waals surface area contributed by atoms with Crippen LogP contribution < -0.4 is 39.1 Å². The number of nitriles is 1. The molecule has 1 aliphatic rings. The van der Waals surface area contributed by atoms with Crippen molar-refractivity contribution in [3.8, 4) is 29.0 Å². The number of amides is 1. The average molecular weight is 864 g/mol. The zero-order valence-electron chi connectivity index (χ0n) is 36.3. The number of ether oxygens (including phenoxy) is 2. The zero-order valence-corrected chi connectivity index (χ0v) is 36.3. The number of hydrogen-bond donors (Lipinski definition) is 3. The minimum atomic E-state index is -1.17. The normalized spacial score (nSPS) is 14.5. The van der Waals surface area contributed by atoms with Crippen LogP contribution >= 0.6 is 0 Å². The van der Waals surface area contributed by atoms with Crippen LogP contribution in [0.2, 0.25) is 0 Å². The molecule has 1 saturated heterocycles. The first-order valence-corrected chi connectivity index (χ1v) is 20.0. The third-order valence-electron chi connectivity index (χ3n) is 9.53. The summed E-state index contributed by atoms with van der Waals surface area (Å²) in [7, 11) is 0. The zero-order chi connectivity index (χ0) is 45.3. The summed E-state index contributed by atoms with van der Waals surface area (Å²) in [4.78, 5) is 47.4. The summed E-state index contributed by atoms with van der Waals surface area (Å²) in [5.41, 5.74) is 3.07. The number of aliphatic carboxylic acids is 1. The summed E-state index contributed by atoms with van der Waals surface area (Å²) >= 11 is 0. The molecule has 3 atom stereocenters. The second-order valence-electron chi connectivity index (χ2n) is 15.7. The summed E-state index contributed by atoms with van der Waals surface area (Å²) in [5.74, 6) is -1.25. The first-order chi connectivity index (χ1) is 30.1. The van der Waals surface area contributed by atoms with Gasteiger partial charge < -0.3 is 35.4 Å². The third-order valence-corrected chi connectivity index (χ3v) is 9.53. The fraction of sp³-hybridized carbons (Fsp3) is 0.283. The molecule has 1 aliphatic heterocycles. The van der Waals surface area contributed by atoms with Crippen LogP contribution in [0.1, 0.15) is 67.7 Å². The van der Waals surface area contributed by atoms with Crippen LogP contribution in [0.25, 0.3) is 27.6 Å². The quantitative estimate of drug-likeness (QED) is 0.109. The second-order valence-corrected chi connectivity index (χ2v) is 15.7. The van der Waals surface area contributed by atoms with E-state index in [1.165, 1.54) is 48.8 Å². The van der Waals surface area contributed by atoms with Crippen molar-refractivity contribution in [2.75, 3.05) is 36.5 Å². The number of nitrogens with zero attached hydrogens (tertiary/aromatic N) is 8. The number of fused-ring (bicyclic) bond motifs is 1. The van der Waals surface area contributed by atoms with E-state index in [1.54, 1.807) is 58.3 Å². The molecule has 2 aromatic carbocycles. The fourth-order valence-corrected chi connectivity index (χ4v) is 6.33. The minimum absolute atomic E-state index is 0. The van der Waals surface area contributed by atoms with Gasteiger partial charge in [0.05, 0.1) is 52.4 Å². The van der Waals surface area contributed by atoms with Gasteiger partial charge in [-0.25, -0.2) is 33.5 Å². The van der Waals surface area contributed by atoms with E-state index in [2.05, 4.69) is 52.7 Å². The number of pyridine rings is 3. The molecule has 0 aliphatic carbocycles. The Hall–Kier alpha value is -6.69. The molecule has 6 aromatic rings. The largest absolute Gasteiger partial charge is 1.00 e. The predicted octanol–water partition coefficient (Wildman–Crippen LogP) is 5.05. The van der Waals surface area contributed by atoms with Gasteiger partial charge in [-0.15, -0.1) is 24.7 Å². The Balaban J connectivity index is 0.000000248. The molecule has 5 heterocycles. The number of piperazine rings is 1. The molecule has 0 spiro atoms. The van der Waals surface area contributed by atoms with E-state index in [-0.39, 0.29) is 42.8 Å². The SMILES string of the molecule is C[C@@H]1CN(c2ncc(-c3nc4c(N[C@H](C)c5cc(C#N)ccc5F)ccnc4cc3F)cn2)CC[N-]1.[CH2-]c1cccc(Oc2ccc(C(=O)N[C@@H](COC(C)(C)C)C(=O)O)cn2)c1.[Li+]. The Kier molecular flexibility index (Phi) is 16.3. The molecule has 15 nitrogen and oxygen atoms in total. The molecule has 0 radical (unpaired) electrons. The first-order valence-electron chi connectivity index (χ1n) is 20.0. The maximum atomic E-state index is 15.0.